The minimum absolute atomic E-state index is 0.170. The fourth-order valence-corrected chi connectivity index (χ4v) is 2.55. The fraction of sp³-hybridized carbons (Fsp3) is 0.571. The SMILES string of the molecule is CN1CCC(=O)C(C)(CCc2ccncc2)C1. The smallest absolute Gasteiger partial charge is 0.141 e. The molecule has 1 unspecified atom stereocenters. The molecule has 0 amide bonds. The molecule has 1 aliphatic heterocycles. The summed E-state index contributed by atoms with van der Waals surface area (Å²) in [4.78, 5) is 18.3. The highest BCUT2D eigenvalue weighted by Gasteiger charge is 2.36. The normalized spacial score (nSPS) is 26.1. The van der Waals surface area contributed by atoms with E-state index in [1.165, 1.54) is 5.56 Å². The third-order valence-corrected chi connectivity index (χ3v) is 3.73. The molecule has 92 valence electrons. The lowest BCUT2D eigenvalue weighted by atomic mass is 9.76. The lowest BCUT2D eigenvalue weighted by Crippen LogP contribution is -2.46. The Bertz CT molecular complexity index is 390. The second-order valence-corrected chi connectivity index (χ2v) is 5.33. The molecule has 0 N–H and O–H groups in total. The number of aromatic nitrogens is 1. The van der Waals surface area contributed by atoms with Crippen molar-refractivity contribution in [2.75, 3.05) is 20.1 Å². The van der Waals surface area contributed by atoms with Gasteiger partial charge in [0.1, 0.15) is 5.78 Å². The topological polar surface area (TPSA) is 33.2 Å². The van der Waals surface area contributed by atoms with Crippen LogP contribution < -0.4 is 0 Å². The molecule has 3 heteroatoms. The summed E-state index contributed by atoms with van der Waals surface area (Å²) in [5, 5.41) is 0. The van der Waals surface area contributed by atoms with Gasteiger partial charge in [0.15, 0.2) is 0 Å². The molecule has 0 aromatic carbocycles. The first kappa shape index (κ1) is 12.2. The van der Waals surface area contributed by atoms with Gasteiger partial charge in [-0.2, -0.15) is 0 Å². The summed E-state index contributed by atoms with van der Waals surface area (Å²) in [5.41, 5.74) is 1.10. The summed E-state index contributed by atoms with van der Waals surface area (Å²) in [5.74, 6) is 0.421. The molecule has 0 spiro atoms. The molecule has 0 saturated carbocycles. The summed E-state index contributed by atoms with van der Waals surface area (Å²) >= 11 is 0. The summed E-state index contributed by atoms with van der Waals surface area (Å²) in [6.45, 7) is 3.90. The third-order valence-electron chi connectivity index (χ3n) is 3.73. The molecule has 0 bridgehead atoms. The van der Waals surface area contributed by atoms with Gasteiger partial charge in [0, 0.05) is 37.3 Å². The Labute approximate surface area is 103 Å². The van der Waals surface area contributed by atoms with Crippen LogP contribution in [0.1, 0.15) is 25.3 Å². The van der Waals surface area contributed by atoms with Crippen molar-refractivity contribution in [1.82, 2.24) is 9.88 Å². The molecule has 0 radical (unpaired) electrons. The van der Waals surface area contributed by atoms with E-state index in [1.54, 1.807) is 0 Å². The second-order valence-electron chi connectivity index (χ2n) is 5.33. The van der Waals surface area contributed by atoms with Gasteiger partial charge in [-0.15, -0.1) is 0 Å². The van der Waals surface area contributed by atoms with Gasteiger partial charge in [-0.1, -0.05) is 6.92 Å². The lowest BCUT2D eigenvalue weighted by molar-refractivity contribution is -0.132. The van der Waals surface area contributed by atoms with E-state index in [4.69, 9.17) is 0 Å². The van der Waals surface area contributed by atoms with Crippen LogP contribution in [0.2, 0.25) is 0 Å². The average molecular weight is 232 g/mol. The first-order valence-electron chi connectivity index (χ1n) is 6.21. The first-order valence-corrected chi connectivity index (χ1v) is 6.21. The maximum atomic E-state index is 12.0. The van der Waals surface area contributed by atoms with Crippen molar-refractivity contribution >= 4 is 5.78 Å². The van der Waals surface area contributed by atoms with E-state index in [1.807, 2.05) is 24.5 Å². The highest BCUT2D eigenvalue weighted by atomic mass is 16.1. The van der Waals surface area contributed by atoms with Gasteiger partial charge in [-0.25, -0.2) is 0 Å². The van der Waals surface area contributed by atoms with Gasteiger partial charge in [0.05, 0.1) is 0 Å². The van der Waals surface area contributed by atoms with Crippen LogP contribution in [0.3, 0.4) is 0 Å². The van der Waals surface area contributed by atoms with Crippen molar-refractivity contribution in [3.05, 3.63) is 30.1 Å². The monoisotopic (exact) mass is 232 g/mol. The number of pyridine rings is 1. The van der Waals surface area contributed by atoms with Crippen molar-refractivity contribution in [3.63, 3.8) is 0 Å². The number of carbonyl (C=O) groups excluding carboxylic acids is 1. The van der Waals surface area contributed by atoms with E-state index >= 15 is 0 Å². The highest BCUT2D eigenvalue weighted by Crippen LogP contribution is 2.30. The molecule has 1 aromatic rings. The Hall–Kier alpha value is -1.22. The Morgan fingerprint density at radius 2 is 2.12 bits per heavy atom. The summed E-state index contributed by atoms with van der Waals surface area (Å²) in [7, 11) is 2.09. The predicted octanol–water partition coefficient (Wildman–Crippen LogP) is 1.93. The number of ketones is 1. The van der Waals surface area contributed by atoms with Crippen LogP contribution in [0.4, 0.5) is 0 Å². The summed E-state index contributed by atoms with van der Waals surface area (Å²) in [6, 6.07) is 4.06. The fourth-order valence-electron chi connectivity index (χ4n) is 2.55. The minimum Gasteiger partial charge on any atom is -0.305 e. The Morgan fingerprint density at radius 3 is 2.82 bits per heavy atom. The van der Waals surface area contributed by atoms with E-state index in [2.05, 4.69) is 23.9 Å². The lowest BCUT2D eigenvalue weighted by Gasteiger charge is -2.37. The molecule has 1 aliphatic rings. The highest BCUT2D eigenvalue weighted by molar-refractivity contribution is 5.85. The summed E-state index contributed by atoms with van der Waals surface area (Å²) in [6.07, 6.45) is 6.21. The quantitative estimate of drug-likeness (QED) is 0.798. The van der Waals surface area contributed by atoms with E-state index in [0.717, 1.165) is 25.9 Å². The van der Waals surface area contributed by atoms with Crippen LogP contribution in [-0.2, 0) is 11.2 Å². The van der Waals surface area contributed by atoms with Crippen molar-refractivity contribution in [3.8, 4) is 0 Å². The van der Waals surface area contributed by atoms with Crippen LogP contribution in [0.5, 0.6) is 0 Å². The zero-order valence-electron chi connectivity index (χ0n) is 10.6. The Morgan fingerprint density at radius 1 is 1.41 bits per heavy atom. The number of aryl methyl sites for hydroxylation is 1. The molecule has 1 fully saturated rings. The molecule has 3 nitrogen and oxygen atoms in total. The number of carbonyl (C=O) groups is 1. The largest absolute Gasteiger partial charge is 0.305 e. The number of likely N-dealkylation sites (tertiary alicyclic amines) is 1. The van der Waals surface area contributed by atoms with Gasteiger partial charge in [-0.3, -0.25) is 9.78 Å². The maximum absolute atomic E-state index is 12.0. The van der Waals surface area contributed by atoms with Crippen LogP contribution >= 0.6 is 0 Å². The molecule has 2 heterocycles. The summed E-state index contributed by atoms with van der Waals surface area (Å²) < 4.78 is 0. The molecule has 17 heavy (non-hydrogen) atoms. The molecule has 1 atom stereocenters. The van der Waals surface area contributed by atoms with Crippen molar-refractivity contribution in [2.45, 2.75) is 26.2 Å². The van der Waals surface area contributed by atoms with Crippen molar-refractivity contribution in [2.24, 2.45) is 5.41 Å². The number of rotatable bonds is 3. The zero-order valence-corrected chi connectivity index (χ0v) is 10.6. The van der Waals surface area contributed by atoms with Gasteiger partial charge in [0.2, 0.25) is 0 Å². The van der Waals surface area contributed by atoms with E-state index in [9.17, 15) is 4.79 Å². The molecule has 1 saturated heterocycles. The number of nitrogens with zero attached hydrogens (tertiary/aromatic N) is 2. The minimum atomic E-state index is -0.170. The molecule has 0 aliphatic carbocycles. The molecular formula is C14H20N2O. The predicted molar refractivity (Wildman–Crippen MR) is 67.8 cm³/mol. The van der Waals surface area contributed by atoms with Crippen LogP contribution in [-0.4, -0.2) is 35.8 Å². The third kappa shape index (κ3) is 2.91. The number of Topliss-reactive ketones (excluding diaryl/α,β-unsaturated/α-hetero) is 1. The van der Waals surface area contributed by atoms with Crippen LogP contribution in [0.15, 0.2) is 24.5 Å². The average Bonchev–Trinajstić information content (AvgIpc) is 2.33. The van der Waals surface area contributed by atoms with E-state index in [-0.39, 0.29) is 5.41 Å². The van der Waals surface area contributed by atoms with Crippen molar-refractivity contribution in [1.29, 1.82) is 0 Å². The first-order chi connectivity index (χ1) is 8.10. The molecule has 2 rings (SSSR count). The second kappa shape index (κ2) is 4.96. The van der Waals surface area contributed by atoms with Crippen molar-refractivity contribution < 1.29 is 4.79 Å². The van der Waals surface area contributed by atoms with Gasteiger partial charge < -0.3 is 4.90 Å². The standard InChI is InChI=1S/C14H20N2O/c1-14(11-16(2)10-6-13(14)17)7-3-12-4-8-15-9-5-12/h4-5,8-9H,3,6-7,10-11H2,1-2H3. The van der Waals surface area contributed by atoms with Crippen LogP contribution in [0, 0.1) is 5.41 Å². The Kier molecular flexibility index (Phi) is 3.57. The van der Waals surface area contributed by atoms with E-state index in [0.29, 0.717) is 12.2 Å². The van der Waals surface area contributed by atoms with Gasteiger partial charge in [0.25, 0.3) is 0 Å². The number of hydrogen-bond donors (Lipinski definition) is 0. The van der Waals surface area contributed by atoms with Crippen LogP contribution in [0.25, 0.3) is 0 Å². The van der Waals surface area contributed by atoms with E-state index < -0.39 is 0 Å². The number of hydrogen-bond acceptors (Lipinski definition) is 3. The van der Waals surface area contributed by atoms with Gasteiger partial charge in [-0.05, 0) is 37.6 Å². The molecule has 1 aromatic heterocycles. The van der Waals surface area contributed by atoms with Gasteiger partial charge >= 0.3 is 0 Å². The Balaban J connectivity index is 1.99. The molecular weight excluding hydrogens is 212 g/mol. The zero-order chi connectivity index (χ0) is 12.3. The number of piperidine rings is 1. The maximum Gasteiger partial charge on any atom is 0.141 e.